The number of ketones is 2. The highest BCUT2D eigenvalue weighted by molar-refractivity contribution is 6.00. The number of unbranched alkanes of at least 4 members (excludes halogenated alkanes) is 1. The van der Waals surface area contributed by atoms with Crippen molar-refractivity contribution >= 4 is 23.6 Å². The van der Waals surface area contributed by atoms with Crippen LogP contribution in [-0.4, -0.2) is 85.9 Å². The Morgan fingerprint density at radius 3 is 2.34 bits per heavy atom. The highest BCUT2D eigenvalue weighted by Gasteiger charge is 2.59. The molecule has 5 rings (SSSR count). The van der Waals surface area contributed by atoms with E-state index >= 15 is 0 Å². The third-order valence-corrected chi connectivity index (χ3v) is 13.0. The molecule has 3 aliphatic heterocycles. The molecule has 0 aromatic carbocycles. The average molecular weight is 779 g/mol. The molecule has 3 fully saturated rings. The molecule has 3 saturated heterocycles. The molecule has 2 aromatic heterocycles. The lowest BCUT2D eigenvalue weighted by Crippen LogP contribution is -2.56. The number of nitrogens with zero attached hydrogens (tertiary/aromatic N) is 4. The quantitative estimate of drug-likeness (QED) is 0.133. The highest BCUT2D eigenvalue weighted by atomic mass is 16.7. The van der Waals surface area contributed by atoms with Gasteiger partial charge in [-0.25, -0.2) is 9.78 Å². The number of fused-ring (bicyclic) bond motifs is 1. The second-order valence-electron chi connectivity index (χ2n) is 17.7. The van der Waals surface area contributed by atoms with Gasteiger partial charge < -0.3 is 28.4 Å². The van der Waals surface area contributed by atoms with E-state index in [2.05, 4.69) is 23.8 Å². The molecular formula is C44H66N4O8. The molecule has 1 amide bonds. The third-order valence-electron chi connectivity index (χ3n) is 13.0. The topological polar surface area (TPSA) is 139 Å². The molecule has 0 aliphatic carbocycles. The Kier molecular flexibility index (Phi) is 13.9. The van der Waals surface area contributed by atoms with Crippen LogP contribution < -0.4 is 0 Å². The molecule has 0 radical (unpaired) electrons. The largest absolute Gasteiger partial charge is 0.457 e. The number of hydrogen-bond acceptors (Lipinski definition) is 10. The molecule has 12 nitrogen and oxygen atoms in total. The molecule has 310 valence electrons. The zero-order valence-corrected chi connectivity index (χ0v) is 35.6. The number of carbonyl (C=O) groups excluding carboxylic acids is 4. The number of amides is 1. The molecule has 0 bridgehead atoms. The van der Waals surface area contributed by atoms with Crippen molar-refractivity contribution in [2.45, 2.75) is 164 Å². The summed E-state index contributed by atoms with van der Waals surface area (Å²) in [4.78, 5) is 67.1. The van der Waals surface area contributed by atoms with Gasteiger partial charge in [-0.1, -0.05) is 55.4 Å². The number of esters is 1. The van der Waals surface area contributed by atoms with Crippen molar-refractivity contribution in [3.63, 3.8) is 0 Å². The molecule has 11 atom stereocenters. The van der Waals surface area contributed by atoms with Gasteiger partial charge in [-0.2, -0.15) is 0 Å². The SMILES string of the molecule is CC[C@H]1OC(=O)[C@H](C)C(=O)[C@H](C)[C@@H](OC2O[C@H](C)C[C@H](C)[C@H]2C)C(C)(C)C[C@@H](C)C(=O)C[C@H]2N(CCCCn3cnc(-c4ccc(C)nc4)c3)C(=O)O[C@]12CC. The van der Waals surface area contributed by atoms with Gasteiger partial charge in [-0.3, -0.25) is 19.4 Å². The second-order valence-corrected chi connectivity index (χ2v) is 17.7. The van der Waals surface area contributed by atoms with Crippen LogP contribution in [-0.2, 0) is 39.9 Å². The van der Waals surface area contributed by atoms with E-state index in [0.29, 0.717) is 44.7 Å². The van der Waals surface area contributed by atoms with Crippen LogP contribution in [0.25, 0.3) is 11.3 Å². The van der Waals surface area contributed by atoms with Gasteiger partial charge in [0.05, 0.1) is 30.3 Å². The summed E-state index contributed by atoms with van der Waals surface area (Å²) in [6.45, 7) is 22.5. The Labute approximate surface area is 333 Å². The first-order chi connectivity index (χ1) is 26.4. The minimum absolute atomic E-state index is 0.00192. The first kappa shape index (κ1) is 43.5. The van der Waals surface area contributed by atoms with Crippen molar-refractivity contribution in [1.29, 1.82) is 0 Å². The summed E-state index contributed by atoms with van der Waals surface area (Å²) in [7, 11) is 0. The number of aryl methyl sites for hydroxylation is 2. The number of ether oxygens (including phenoxy) is 4. The molecule has 3 aliphatic rings. The van der Waals surface area contributed by atoms with Crippen LogP contribution in [0.1, 0.15) is 120 Å². The van der Waals surface area contributed by atoms with Gasteiger partial charge >= 0.3 is 12.1 Å². The monoisotopic (exact) mass is 778 g/mol. The van der Waals surface area contributed by atoms with Gasteiger partial charge in [0.2, 0.25) is 0 Å². The maximum absolute atomic E-state index is 14.4. The second kappa shape index (κ2) is 17.9. The van der Waals surface area contributed by atoms with Gasteiger partial charge in [0, 0.05) is 60.9 Å². The van der Waals surface area contributed by atoms with Gasteiger partial charge in [-0.15, -0.1) is 0 Å². The van der Waals surface area contributed by atoms with Crippen LogP contribution in [0, 0.1) is 41.9 Å². The number of aromatic nitrogens is 3. The molecular weight excluding hydrogens is 713 g/mol. The van der Waals surface area contributed by atoms with Gasteiger partial charge in [-0.05, 0) is 82.8 Å². The molecule has 56 heavy (non-hydrogen) atoms. The van der Waals surface area contributed by atoms with E-state index in [0.717, 1.165) is 29.8 Å². The third kappa shape index (κ3) is 9.22. The molecule has 0 saturated carbocycles. The van der Waals surface area contributed by atoms with Crippen molar-refractivity contribution in [2.75, 3.05) is 6.54 Å². The van der Waals surface area contributed by atoms with Gasteiger partial charge in [0.1, 0.15) is 17.8 Å². The van der Waals surface area contributed by atoms with Gasteiger partial charge in [0.25, 0.3) is 0 Å². The fraction of sp³-hybridized carbons (Fsp3) is 0.727. The Hall–Kier alpha value is -3.64. The van der Waals surface area contributed by atoms with Crippen molar-refractivity contribution in [2.24, 2.45) is 35.0 Å². The van der Waals surface area contributed by atoms with Crippen LogP contribution in [0.4, 0.5) is 4.79 Å². The molecule has 5 heterocycles. The lowest BCUT2D eigenvalue weighted by atomic mass is 9.70. The molecule has 0 spiro atoms. The van der Waals surface area contributed by atoms with E-state index in [1.54, 1.807) is 18.2 Å². The summed E-state index contributed by atoms with van der Waals surface area (Å²) < 4.78 is 27.6. The zero-order chi connectivity index (χ0) is 41.1. The lowest BCUT2D eigenvalue weighted by molar-refractivity contribution is -0.267. The van der Waals surface area contributed by atoms with E-state index < -0.39 is 65.4 Å². The van der Waals surface area contributed by atoms with E-state index in [9.17, 15) is 19.2 Å². The maximum Gasteiger partial charge on any atom is 0.410 e. The first-order valence-corrected chi connectivity index (χ1v) is 20.9. The maximum atomic E-state index is 14.4. The normalized spacial score (nSPS) is 34.4. The molecule has 2 aromatic rings. The highest BCUT2D eigenvalue weighted by Crippen LogP contribution is 2.44. The van der Waals surface area contributed by atoms with Crippen molar-refractivity contribution in [3.8, 4) is 11.3 Å². The van der Waals surface area contributed by atoms with Crippen LogP contribution in [0.5, 0.6) is 0 Å². The summed E-state index contributed by atoms with van der Waals surface area (Å²) in [6.07, 6.45) is 6.51. The summed E-state index contributed by atoms with van der Waals surface area (Å²) in [5, 5.41) is 0. The Morgan fingerprint density at radius 1 is 0.964 bits per heavy atom. The van der Waals surface area contributed by atoms with Gasteiger partial charge in [0.15, 0.2) is 17.7 Å². The number of imidazole rings is 1. The predicted molar refractivity (Wildman–Crippen MR) is 212 cm³/mol. The summed E-state index contributed by atoms with van der Waals surface area (Å²) >= 11 is 0. The molecule has 1 unspecified atom stereocenters. The summed E-state index contributed by atoms with van der Waals surface area (Å²) in [5.41, 5.74) is 0.802. The number of rotatable bonds is 10. The van der Waals surface area contributed by atoms with Crippen LogP contribution in [0.2, 0.25) is 0 Å². The smallest absolute Gasteiger partial charge is 0.410 e. The van der Waals surface area contributed by atoms with Crippen LogP contribution >= 0.6 is 0 Å². The van der Waals surface area contributed by atoms with E-state index in [-0.39, 0.29) is 30.0 Å². The number of hydrogen-bond donors (Lipinski definition) is 0. The zero-order valence-electron chi connectivity index (χ0n) is 35.6. The number of cyclic esters (lactones) is 1. The van der Waals surface area contributed by atoms with Crippen molar-refractivity contribution < 1.29 is 38.1 Å². The number of carbonyl (C=O) groups is 4. The fourth-order valence-corrected chi connectivity index (χ4v) is 9.39. The summed E-state index contributed by atoms with van der Waals surface area (Å²) in [6, 6.07) is 3.30. The Morgan fingerprint density at radius 2 is 1.68 bits per heavy atom. The van der Waals surface area contributed by atoms with Crippen LogP contribution in [0.15, 0.2) is 30.9 Å². The minimum atomic E-state index is -1.26. The van der Waals surface area contributed by atoms with E-state index in [1.807, 2.05) is 84.5 Å². The van der Waals surface area contributed by atoms with E-state index in [4.69, 9.17) is 18.9 Å². The minimum Gasteiger partial charge on any atom is -0.457 e. The van der Waals surface area contributed by atoms with Crippen molar-refractivity contribution in [3.05, 3.63) is 36.5 Å². The molecule has 0 N–H and O–H groups in total. The predicted octanol–water partition coefficient (Wildman–Crippen LogP) is 7.98. The fourth-order valence-electron chi connectivity index (χ4n) is 9.39. The average Bonchev–Trinajstić information content (AvgIpc) is 3.73. The first-order valence-electron chi connectivity index (χ1n) is 20.9. The van der Waals surface area contributed by atoms with Crippen molar-refractivity contribution in [1.82, 2.24) is 19.4 Å². The standard InChI is InChI=1S/C44H66N4O8/c1-12-37-44(13-2)36(48(42(52)56-44)19-15-14-18-47-24-34(46-25-47)33-17-16-28(5)45-23-33)21-35(49)27(4)22-43(10,11)39(31(8)38(50)32(9)40(51)54-37)55-41-30(7)26(3)20-29(6)53-41/h16-17,23-27,29-32,36-37,39,41H,12-15,18-22H2,1-11H3/t26-,27+,29+,30+,31-,32+,36+,37+,39+,41?,44-/m0/s1. The van der Waals surface area contributed by atoms with E-state index in [1.165, 1.54) is 0 Å². The number of Topliss-reactive ketones (excluding diaryl/α,β-unsaturated/α-hetero) is 2. The van der Waals surface area contributed by atoms with Crippen LogP contribution in [0.3, 0.4) is 0 Å². The number of pyridine rings is 1. The lowest BCUT2D eigenvalue weighted by Gasteiger charge is -2.45. The molecule has 12 heteroatoms. The Bertz CT molecular complexity index is 1690. The summed E-state index contributed by atoms with van der Waals surface area (Å²) in [5.74, 6) is -2.74. The Balaban J connectivity index is 1.39.